The Morgan fingerprint density at radius 2 is 1.92 bits per heavy atom. The Hall–Kier alpha value is -2.40. The topological polar surface area (TPSA) is 63.2 Å². The van der Waals surface area contributed by atoms with Crippen LogP contribution in [0.5, 0.6) is 0 Å². The van der Waals surface area contributed by atoms with Gasteiger partial charge in [-0.25, -0.2) is 4.98 Å². The van der Waals surface area contributed by atoms with Gasteiger partial charge in [0.1, 0.15) is 5.82 Å². The summed E-state index contributed by atoms with van der Waals surface area (Å²) in [6, 6.07) is 14.2. The van der Waals surface area contributed by atoms with Crippen molar-refractivity contribution in [2.75, 3.05) is 23.8 Å². The van der Waals surface area contributed by atoms with Crippen LogP contribution in [0.25, 0.3) is 0 Å². The van der Waals surface area contributed by atoms with Gasteiger partial charge < -0.3 is 15.4 Å². The summed E-state index contributed by atoms with van der Waals surface area (Å²) in [7, 11) is 0. The highest BCUT2D eigenvalue weighted by atomic mass is 16.5. The molecule has 3 rings (SSSR count). The number of aromatic nitrogens is 1. The highest BCUT2D eigenvalue weighted by Gasteiger charge is 2.21. The maximum atomic E-state index is 12.2. The summed E-state index contributed by atoms with van der Waals surface area (Å²) in [5, 5.41) is 6.30. The lowest BCUT2D eigenvalue weighted by molar-refractivity contribution is -0.122. The zero-order valence-electron chi connectivity index (χ0n) is 13.9. The van der Waals surface area contributed by atoms with Crippen LogP contribution in [0.1, 0.15) is 31.4 Å². The fraction of sp³-hybridized carbons (Fsp3) is 0.368. The molecule has 1 aromatic heterocycles. The lowest BCUT2D eigenvalue weighted by Gasteiger charge is -2.21. The zero-order valence-corrected chi connectivity index (χ0v) is 13.9. The molecule has 1 fully saturated rings. The third-order valence-electron chi connectivity index (χ3n) is 4.29. The molecule has 1 aliphatic heterocycles. The van der Waals surface area contributed by atoms with E-state index in [1.54, 1.807) is 6.20 Å². The predicted molar refractivity (Wildman–Crippen MR) is 94.9 cm³/mol. The van der Waals surface area contributed by atoms with Crippen LogP contribution < -0.4 is 10.6 Å². The minimum Gasteiger partial charge on any atom is -0.381 e. The molecule has 5 nitrogen and oxygen atoms in total. The van der Waals surface area contributed by atoms with Crippen LogP contribution >= 0.6 is 0 Å². The molecule has 0 saturated carbocycles. The number of benzene rings is 1. The molecular weight excluding hydrogens is 302 g/mol. The van der Waals surface area contributed by atoms with Crippen LogP contribution in [0.3, 0.4) is 0 Å². The van der Waals surface area contributed by atoms with Gasteiger partial charge >= 0.3 is 0 Å². The molecule has 0 radical (unpaired) electrons. The highest BCUT2D eigenvalue weighted by molar-refractivity contribution is 5.91. The number of hydrogen-bond donors (Lipinski definition) is 2. The Labute approximate surface area is 142 Å². The fourth-order valence-electron chi connectivity index (χ4n) is 2.82. The number of rotatable bonds is 5. The van der Waals surface area contributed by atoms with Gasteiger partial charge in [-0.2, -0.15) is 0 Å². The van der Waals surface area contributed by atoms with Crippen LogP contribution in [-0.2, 0) is 9.53 Å². The van der Waals surface area contributed by atoms with Crippen LogP contribution in [0.15, 0.2) is 48.7 Å². The van der Waals surface area contributed by atoms with E-state index in [9.17, 15) is 4.79 Å². The third-order valence-corrected chi connectivity index (χ3v) is 4.29. The predicted octanol–water partition coefficient (Wildman–Crippen LogP) is 3.62. The van der Waals surface area contributed by atoms with Gasteiger partial charge in [-0.3, -0.25) is 4.79 Å². The Kier molecular flexibility index (Phi) is 5.43. The van der Waals surface area contributed by atoms with E-state index in [0.29, 0.717) is 19.0 Å². The molecule has 5 heteroatoms. The van der Waals surface area contributed by atoms with Crippen molar-refractivity contribution < 1.29 is 9.53 Å². The lowest BCUT2D eigenvalue weighted by Crippen LogP contribution is -2.28. The van der Waals surface area contributed by atoms with Crippen LogP contribution in [0.4, 0.5) is 11.5 Å². The normalized spacial score (nSPS) is 16.4. The van der Waals surface area contributed by atoms with Crippen LogP contribution in [0, 0.1) is 5.92 Å². The summed E-state index contributed by atoms with van der Waals surface area (Å²) in [6.07, 6.45) is 3.30. The number of carbonyl (C=O) groups is 1. The minimum absolute atomic E-state index is 0.0245. The molecule has 2 heterocycles. The maximum Gasteiger partial charge on any atom is 0.228 e. The summed E-state index contributed by atoms with van der Waals surface area (Å²) in [4.78, 5) is 16.5. The van der Waals surface area contributed by atoms with Crippen LogP contribution in [-0.4, -0.2) is 24.1 Å². The Morgan fingerprint density at radius 3 is 2.58 bits per heavy atom. The van der Waals surface area contributed by atoms with Gasteiger partial charge in [0.2, 0.25) is 5.91 Å². The minimum atomic E-state index is 0.0245. The number of pyridine rings is 1. The van der Waals surface area contributed by atoms with Crippen molar-refractivity contribution in [3.05, 3.63) is 54.2 Å². The molecule has 1 unspecified atom stereocenters. The second-order valence-corrected chi connectivity index (χ2v) is 6.08. The van der Waals surface area contributed by atoms with Crippen molar-refractivity contribution in [1.82, 2.24) is 4.98 Å². The Balaban J connectivity index is 1.56. The summed E-state index contributed by atoms with van der Waals surface area (Å²) in [6.45, 7) is 3.42. The Morgan fingerprint density at radius 1 is 1.17 bits per heavy atom. The number of nitrogens with one attached hydrogen (secondary N) is 2. The molecular formula is C19H23N3O2. The summed E-state index contributed by atoms with van der Waals surface area (Å²) >= 11 is 0. The van der Waals surface area contributed by atoms with Crippen molar-refractivity contribution in [2.45, 2.75) is 25.8 Å². The first kappa shape index (κ1) is 16.5. The third kappa shape index (κ3) is 4.32. The average molecular weight is 325 g/mol. The zero-order chi connectivity index (χ0) is 16.8. The van der Waals surface area contributed by atoms with Crippen molar-refractivity contribution in [3.63, 3.8) is 0 Å². The van der Waals surface area contributed by atoms with E-state index in [2.05, 4.69) is 34.7 Å². The molecule has 1 aliphatic rings. The summed E-state index contributed by atoms with van der Waals surface area (Å²) in [5.74, 6) is 0.644. The van der Waals surface area contributed by atoms with E-state index in [4.69, 9.17) is 4.74 Å². The molecule has 1 saturated heterocycles. The van der Waals surface area contributed by atoms with E-state index < -0.39 is 0 Å². The fourth-order valence-corrected chi connectivity index (χ4v) is 2.82. The molecule has 0 spiro atoms. The maximum absolute atomic E-state index is 12.2. The molecule has 126 valence electrons. The standard InChI is InChI=1S/C19H23N3O2/c1-14(15-5-3-2-4-6-15)21-17-7-8-18(20-13-17)22-19(23)16-9-11-24-12-10-16/h2-8,13-14,16,21H,9-12H2,1H3,(H,20,22,23). The molecule has 2 N–H and O–H groups in total. The summed E-state index contributed by atoms with van der Waals surface area (Å²) in [5.41, 5.74) is 2.14. The monoisotopic (exact) mass is 325 g/mol. The van der Waals surface area contributed by atoms with Gasteiger partial charge in [0, 0.05) is 25.2 Å². The first-order valence-corrected chi connectivity index (χ1v) is 8.38. The quantitative estimate of drug-likeness (QED) is 0.881. The number of ether oxygens (including phenoxy) is 1. The van der Waals surface area contributed by atoms with Gasteiger partial charge in [-0.05, 0) is 37.5 Å². The second-order valence-electron chi connectivity index (χ2n) is 6.08. The first-order valence-electron chi connectivity index (χ1n) is 8.38. The van der Waals surface area contributed by atoms with E-state index in [-0.39, 0.29) is 17.9 Å². The lowest BCUT2D eigenvalue weighted by atomic mass is 9.99. The van der Waals surface area contributed by atoms with E-state index in [1.165, 1.54) is 5.56 Å². The van der Waals surface area contributed by atoms with Crippen LogP contribution in [0.2, 0.25) is 0 Å². The number of hydrogen-bond acceptors (Lipinski definition) is 4. The molecule has 0 bridgehead atoms. The molecule has 2 aromatic rings. The average Bonchev–Trinajstić information content (AvgIpc) is 2.65. The van der Waals surface area contributed by atoms with Crippen molar-refractivity contribution in [1.29, 1.82) is 0 Å². The SMILES string of the molecule is CC(Nc1ccc(NC(=O)C2CCOCC2)nc1)c1ccccc1. The molecule has 24 heavy (non-hydrogen) atoms. The van der Waals surface area contributed by atoms with E-state index in [0.717, 1.165) is 18.5 Å². The number of carbonyl (C=O) groups excluding carboxylic acids is 1. The van der Waals surface area contributed by atoms with Crippen molar-refractivity contribution in [3.8, 4) is 0 Å². The highest BCUT2D eigenvalue weighted by Crippen LogP contribution is 2.20. The van der Waals surface area contributed by atoms with E-state index in [1.807, 2.05) is 30.3 Å². The molecule has 0 aliphatic carbocycles. The largest absolute Gasteiger partial charge is 0.381 e. The molecule has 1 aromatic carbocycles. The molecule has 1 atom stereocenters. The number of amides is 1. The van der Waals surface area contributed by atoms with Gasteiger partial charge in [0.15, 0.2) is 0 Å². The van der Waals surface area contributed by atoms with Gasteiger partial charge in [0.25, 0.3) is 0 Å². The second kappa shape index (κ2) is 7.93. The van der Waals surface area contributed by atoms with Gasteiger partial charge in [0.05, 0.1) is 11.9 Å². The van der Waals surface area contributed by atoms with Gasteiger partial charge in [-0.1, -0.05) is 30.3 Å². The number of anilines is 2. The number of nitrogens with zero attached hydrogens (tertiary/aromatic N) is 1. The smallest absolute Gasteiger partial charge is 0.228 e. The van der Waals surface area contributed by atoms with E-state index >= 15 is 0 Å². The van der Waals surface area contributed by atoms with Gasteiger partial charge in [-0.15, -0.1) is 0 Å². The first-order chi connectivity index (χ1) is 11.7. The Bertz CT molecular complexity index is 652. The molecule has 1 amide bonds. The summed E-state index contributed by atoms with van der Waals surface area (Å²) < 4.78 is 5.29. The van der Waals surface area contributed by atoms with Crippen molar-refractivity contribution in [2.24, 2.45) is 5.92 Å². The van der Waals surface area contributed by atoms with Crippen molar-refractivity contribution >= 4 is 17.4 Å².